The molecule has 3 nitrogen and oxygen atoms in total. The van der Waals surface area contributed by atoms with E-state index in [9.17, 15) is 10.5 Å². The van der Waals surface area contributed by atoms with Gasteiger partial charge in [0.05, 0.1) is 0 Å². The molecule has 0 aromatic heterocycles. The first-order chi connectivity index (χ1) is 12.2. The predicted molar refractivity (Wildman–Crippen MR) is 104 cm³/mol. The minimum atomic E-state index is 0.103. The quantitative estimate of drug-likeness (QED) is 0.585. The van der Waals surface area contributed by atoms with Gasteiger partial charge in [-0.2, -0.15) is 10.5 Å². The molecule has 2 aromatic rings. The maximum atomic E-state index is 9.18. The summed E-state index contributed by atoms with van der Waals surface area (Å²) in [6.45, 7) is 0. The predicted octanol–water partition coefficient (Wildman–Crippen LogP) is 4.82. The van der Waals surface area contributed by atoms with Crippen molar-refractivity contribution in [1.82, 2.24) is 0 Å². The lowest BCUT2D eigenvalue weighted by Crippen LogP contribution is -2.07. The average Bonchev–Trinajstić information content (AvgIpc) is 2.65. The number of rotatable bonds is 5. The van der Waals surface area contributed by atoms with Gasteiger partial charge in [-0.1, -0.05) is 66.8 Å². The number of nitrogens with zero attached hydrogens (tertiary/aromatic N) is 3. The van der Waals surface area contributed by atoms with E-state index < -0.39 is 0 Å². The Morgan fingerprint density at radius 1 is 0.880 bits per heavy atom. The number of nitriles is 2. The van der Waals surface area contributed by atoms with E-state index in [1.807, 2.05) is 86.9 Å². The summed E-state index contributed by atoms with van der Waals surface area (Å²) in [6, 6.07) is 21.6. The van der Waals surface area contributed by atoms with Crippen LogP contribution in [0.15, 0.2) is 78.4 Å². The van der Waals surface area contributed by atoms with Crippen LogP contribution in [0.5, 0.6) is 0 Å². The van der Waals surface area contributed by atoms with Crippen molar-refractivity contribution in [2.24, 2.45) is 0 Å². The summed E-state index contributed by atoms with van der Waals surface area (Å²) in [5.74, 6) is 0. The van der Waals surface area contributed by atoms with Crippen LogP contribution in [0, 0.1) is 22.7 Å². The molecule has 0 unspecified atom stereocenters. The first kappa shape index (κ1) is 17.8. The van der Waals surface area contributed by atoms with Gasteiger partial charge in [0.15, 0.2) is 0 Å². The third kappa shape index (κ3) is 4.96. The van der Waals surface area contributed by atoms with Crippen LogP contribution in [0.2, 0.25) is 0 Å². The summed E-state index contributed by atoms with van der Waals surface area (Å²) < 4.78 is 0. The van der Waals surface area contributed by atoms with Crippen molar-refractivity contribution in [1.29, 1.82) is 10.5 Å². The van der Waals surface area contributed by atoms with Crippen molar-refractivity contribution >= 4 is 17.3 Å². The molecule has 0 N–H and O–H groups in total. The number of allylic oxidation sites excluding steroid dienone is 5. The van der Waals surface area contributed by atoms with Crippen molar-refractivity contribution in [2.75, 3.05) is 19.0 Å². The van der Waals surface area contributed by atoms with Crippen molar-refractivity contribution in [3.63, 3.8) is 0 Å². The molecule has 0 atom stereocenters. The van der Waals surface area contributed by atoms with E-state index >= 15 is 0 Å². The van der Waals surface area contributed by atoms with E-state index in [1.54, 1.807) is 6.08 Å². The molecule has 0 spiro atoms. The molecule has 0 aliphatic carbocycles. The molecule has 2 rings (SSSR count). The van der Waals surface area contributed by atoms with Gasteiger partial charge in [-0.3, -0.25) is 0 Å². The molecule has 0 aliphatic heterocycles. The van der Waals surface area contributed by atoms with Gasteiger partial charge in [0, 0.05) is 25.4 Å². The van der Waals surface area contributed by atoms with Gasteiger partial charge in [-0.25, -0.2) is 0 Å². The smallest absolute Gasteiger partial charge is 0.137 e. The van der Waals surface area contributed by atoms with Crippen LogP contribution in [-0.4, -0.2) is 14.1 Å². The summed E-state index contributed by atoms with van der Waals surface area (Å²) in [7, 11) is 4.01. The van der Waals surface area contributed by atoms with E-state index in [2.05, 4.69) is 17.0 Å². The first-order valence-corrected chi connectivity index (χ1v) is 7.87. The molecule has 3 heteroatoms. The molecule has 122 valence electrons. The van der Waals surface area contributed by atoms with Gasteiger partial charge >= 0.3 is 0 Å². The van der Waals surface area contributed by atoms with Crippen molar-refractivity contribution in [3.8, 4) is 12.1 Å². The molecular weight excluding hydrogens is 306 g/mol. The minimum Gasteiger partial charge on any atom is -0.378 e. The van der Waals surface area contributed by atoms with Crippen LogP contribution in [-0.2, 0) is 0 Å². The highest BCUT2D eigenvalue weighted by Crippen LogP contribution is 2.20. The fourth-order valence-electron chi connectivity index (χ4n) is 2.29. The zero-order valence-corrected chi connectivity index (χ0v) is 14.3. The zero-order chi connectivity index (χ0) is 18.1. The van der Waals surface area contributed by atoms with Gasteiger partial charge in [0.25, 0.3) is 0 Å². The van der Waals surface area contributed by atoms with E-state index in [0.717, 1.165) is 16.8 Å². The van der Waals surface area contributed by atoms with Crippen LogP contribution in [0.3, 0.4) is 0 Å². The number of hydrogen-bond acceptors (Lipinski definition) is 3. The molecule has 0 amide bonds. The van der Waals surface area contributed by atoms with Gasteiger partial charge in [-0.15, -0.1) is 0 Å². The Kier molecular flexibility index (Phi) is 6.34. The Labute approximate surface area is 149 Å². The van der Waals surface area contributed by atoms with Gasteiger partial charge in [-0.05, 0) is 23.3 Å². The number of benzene rings is 2. The summed E-state index contributed by atoms with van der Waals surface area (Å²) in [6.07, 6.45) is 7.52. The monoisotopic (exact) mass is 325 g/mol. The second kappa shape index (κ2) is 8.91. The topological polar surface area (TPSA) is 50.8 Å². The largest absolute Gasteiger partial charge is 0.378 e. The molecule has 0 aliphatic rings. The number of hydrogen-bond donors (Lipinski definition) is 0. The highest BCUT2D eigenvalue weighted by atomic mass is 15.1. The molecule has 2 aromatic carbocycles. The summed E-state index contributed by atoms with van der Waals surface area (Å²) in [4.78, 5) is 2.05. The Morgan fingerprint density at radius 2 is 1.52 bits per heavy atom. The molecule has 0 saturated carbocycles. The molecule has 25 heavy (non-hydrogen) atoms. The van der Waals surface area contributed by atoms with E-state index in [0.29, 0.717) is 5.57 Å². The van der Waals surface area contributed by atoms with Crippen molar-refractivity contribution < 1.29 is 0 Å². The summed E-state index contributed by atoms with van der Waals surface area (Å²) >= 11 is 0. The normalized spacial score (nSPS) is 10.4. The SMILES string of the molecule is CN(C)c1ccc(/C=C/C=C/C(=C(C#N)C#N)c2ccccc2)cc1. The Hall–Kier alpha value is -3.56. The number of anilines is 1. The maximum Gasteiger partial charge on any atom is 0.137 e. The first-order valence-electron chi connectivity index (χ1n) is 7.87. The van der Waals surface area contributed by atoms with Crippen LogP contribution in [0.25, 0.3) is 11.6 Å². The van der Waals surface area contributed by atoms with E-state index in [1.165, 1.54) is 0 Å². The average molecular weight is 325 g/mol. The molecule has 0 bridgehead atoms. The highest BCUT2D eigenvalue weighted by Gasteiger charge is 2.05. The lowest BCUT2D eigenvalue weighted by Gasteiger charge is -2.11. The molecule has 0 heterocycles. The van der Waals surface area contributed by atoms with Gasteiger partial charge in [0.1, 0.15) is 17.7 Å². The summed E-state index contributed by atoms with van der Waals surface area (Å²) in [5, 5.41) is 18.4. The lowest BCUT2D eigenvalue weighted by molar-refractivity contribution is 1.13. The van der Waals surface area contributed by atoms with E-state index in [-0.39, 0.29) is 5.57 Å². The standard InChI is InChI=1S/C22H19N3/c1-25(2)21-14-12-18(13-15-21)8-6-7-11-22(20(16-23)17-24)19-9-4-3-5-10-19/h3-15H,1-2H3/b8-6+,11-7+. The summed E-state index contributed by atoms with van der Waals surface area (Å²) in [5.41, 5.74) is 3.81. The molecule has 0 fully saturated rings. The van der Waals surface area contributed by atoms with Gasteiger partial charge in [0.2, 0.25) is 0 Å². The van der Waals surface area contributed by atoms with Crippen molar-refractivity contribution in [3.05, 3.63) is 89.5 Å². The Balaban J connectivity index is 2.21. The second-order valence-electron chi connectivity index (χ2n) is 5.58. The van der Waals surface area contributed by atoms with Crippen molar-refractivity contribution in [2.45, 2.75) is 0 Å². The third-order valence-electron chi connectivity index (χ3n) is 3.65. The van der Waals surface area contributed by atoms with Crippen LogP contribution in [0.4, 0.5) is 5.69 Å². The minimum absolute atomic E-state index is 0.103. The van der Waals surface area contributed by atoms with Crippen LogP contribution < -0.4 is 4.90 Å². The van der Waals surface area contributed by atoms with Crippen LogP contribution >= 0.6 is 0 Å². The third-order valence-corrected chi connectivity index (χ3v) is 3.65. The zero-order valence-electron chi connectivity index (χ0n) is 14.3. The highest BCUT2D eigenvalue weighted by molar-refractivity contribution is 5.82. The molecule has 0 saturated heterocycles. The maximum absolute atomic E-state index is 9.18. The Bertz CT molecular complexity index is 856. The molecular formula is C22H19N3. The van der Waals surface area contributed by atoms with Gasteiger partial charge < -0.3 is 4.90 Å². The lowest BCUT2D eigenvalue weighted by atomic mass is 10.0. The Morgan fingerprint density at radius 3 is 2.08 bits per heavy atom. The fourth-order valence-corrected chi connectivity index (χ4v) is 2.29. The fraction of sp³-hybridized carbons (Fsp3) is 0.0909. The van der Waals surface area contributed by atoms with Crippen LogP contribution in [0.1, 0.15) is 11.1 Å². The van der Waals surface area contributed by atoms with E-state index in [4.69, 9.17) is 0 Å². The molecule has 0 radical (unpaired) electrons. The second-order valence-corrected chi connectivity index (χ2v) is 5.58.